The maximum atomic E-state index is 11.4. The summed E-state index contributed by atoms with van der Waals surface area (Å²) in [4.78, 5) is 24.0. The molecule has 0 spiro atoms. The summed E-state index contributed by atoms with van der Waals surface area (Å²) in [6, 6.07) is 6.27. The van der Waals surface area contributed by atoms with Crippen LogP contribution in [0.4, 0.5) is 0 Å². The highest BCUT2D eigenvalue weighted by atomic mass is 32.2. The van der Waals surface area contributed by atoms with Gasteiger partial charge in [0, 0.05) is 19.7 Å². The molecule has 0 aromatic heterocycles. The van der Waals surface area contributed by atoms with Crippen LogP contribution < -0.4 is 0 Å². The molecule has 1 amide bonds. The third kappa shape index (κ3) is 2.43. The number of hydrogen-bond donors (Lipinski definition) is 0. The van der Waals surface area contributed by atoms with Crippen LogP contribution >= 0.6 is 0 Å². The van der Waals surface area contributed by atoms with E-state index in [1.807, 2.05) is 0 Å². The Morgan fingerprint density at radius 1 is 1.22 bits per heavy atom. The smallest absolute Gasteiger partial charge is 0.290 e. The average molecular weight is 267 g/mol. The van der Waals surface area contributed by atoms with Gasteiger partial charge in [-0.25, -0.2) is 8.42 Å². The third-order valence-electron chi connectivity index (χ3n) is 2.87. The molecule has 1 aromatic carbocycles. The van der Waals surface area contributed by atoms with E-state index in [0.29, 0.717) is 6.54 Å². The molecule has 5 nitrogen and oxygen atoms in total. The fraction of sp³-hybridized carbons (Fsp3) is 0.333. The summed E-state index contributed by atoms with van der Waals surface area (Å²) in [5.74, 6) is -0.975. The van der Waals surface area contributed by atoms with Gasteiger partial charge >= 0.3 is 0 Å². The Hall–Kier alpha value is -1.69. The first-order valence-corrected chi connectivity index (χ1v) is 7.31. The van der Waals surface area contributed by atoms with Gasteiger partial charge in [-0.15, -0.1) is 0 Å². The van der Waals surface area contributed by atoms with Crippen molar-refractivity contribution in [1.29, 1.82) is 0 Å². The Morgan fingerprint density at radius 2 is 1.78 bits per heavy atom. The lowest BCUT2D eigenvalue weighted by atomic mass is 10.2. The Balaban J connectivity index is 2.14. The highest BCUT2D eigenvalue weighted by molar-refractivity contribution is 7.90. The molecule has 1 fully saturated rings. The van der Waals surface area contributed by atoms with E-state index in [4.69, 9.17) is 0 Å². The van der Waals surface area contributed by atoms with Gasteiger partial charge in [0.1, 0.15) is 0 Å². The lowest BCUT2D eigenvalue weighted by Crippen LogP contribution is -2.19. The van der Waals surface area contributed by atoms with Crippen molar-refractivity contribution < 1.29 is 18.0 Å². The van der Waals surface area contributed by atoms with Crippen LogP contribution in [-0.4, -0.2) is 37.8 Å². The molecule has 0 saturated carbocycles. The summed E-state index contributed by atoms with van der Waals surface area (Å²) < 4.78 is 22.6. The molecule has 1 aromatic rings. The number of Topliss-reactive ketones (excluding diaryl/α,β-unsaturated/α-hetero) is 1. The molecule has 1 aliphatic heterocycles. The van der Waals surface area contributed by atoms with Gasteiger partial charge in [0.25, 0.3) is 5.91 Å². The van der Waals surface area contributed by atoms with Gasteiger partial charge in [0.2, 0.25) is 5.78 Å². The fourth-order valence-electron chi connectivity index (χ4n) is 1.79. The highest BCUT2D eigenvalue weighted by Crippen LogP contribution is 2.35. The monoisotopic (exact) mass is 267 g/mol. The minimum atomic E-state index is -3.20. The van der Waals surface area contributed by atoms with Gasteiger partial charge in [0.15, 0.2) is 9.84 Å². The summed E-state index contributed by atoms with van der Waals surface area (Å²) in [5, 5.41) is 0. The molecule has 0 aliphatic carbocycles. The standard InChI is InChI=1S/C12H13NO4S/c1-8(14)12(15)13-7-11(13)9-3-5-10(6-4-9)18(2,16)17/h3-6,11H,7H2,1-2H3. The Bertz CT molecular complexity index is 603. The molecule has 1 saturated heterocycles. The van der Waals surface area contributed by atoms with Crippen molar-refractivity contribution in [3.8, 4) is 0 Å². The van der Waals surface area contributed by atoms with Gasteiger partial charge in [-0.05, 0) is 17.7 Å². The van der Waals surface area contributed by atoms with Crippen LogP contribution in [0, 0.1) is 0 Å². The van der Waals surface area contributed by atoms with Gasteiger partial charge in [-0.3, -0.25) is 9.59 Å². The second kappa shape index (κ2) is 4.20. The molecule has 18 heavy (non-hydrogen) atoms. The van der Waals surface area contributed by atoms with E-state index in [2.05, 4.69) is 0 Å². The topological polar surface area (TPSA) is 71.3 Å². The summed E-state index contributed by atoms with van der Waals surface area (Å²) in [7, 11) is -3.20. The van der Waals surface area contributed by atoms with Crippen LogP contribution in [-0.2, 0) is 19.4 Å². The predicted octanol–water partition coefficient (Wildman–Crippen LogP) is 0.562. The molecule has 1 unspecified atom stereocenters. The average Bonchev–Trinajstić information content (AvgIpc) is 3.07. The number of benzene rings is 1. The minimum absolute atomic E-state index is 0.102. The van der Waals surface area contributed by atoms with Crippen molar-refractivity contribution in [1.82, 2.24) is 4.90 Å². The number of amides is 1. The predicted molar refractivity (Wildman–Crippen MR) is 64.7 cm³/mol. The van der Waals surface area contributed by atoms with E-state index in [1.54, 1.807) is 12.1 Å². The van der Waals surface area contributed by atoms with Crippen molar-refractivity contribution in [2.75, 3.05) is 12.8 Å². The quantitative estimate of drug-likeness (QED) is 0.592. The first-order valence-electron chi connectivity index (χ1n) is 5.42. The van der Waals surface area contributed by atoms with Crippen LogP contribution in [0.25, 0.3) is 0 Å². The SMILES string of the molecule is CC(=O)C(=O)N1CC1c1ccc(S(C)(=O)=O)cc1. The van der Waals surface area contributed by atoms with E-state index in [1.165, 1.54) is 24.0 Å². The van der Waals surface area contributed by atoms with Gasteiger partial charge in [-0.2, -0.15) is 0 Å². The summed E-state index contributed by atoms with van der Waals surface area (Å²) in [6.45, 7) is 1.75. The number of carbonyl (C=O) groups excluding carboxylic acids is 2. The maximum Gasteiger partial charge on any atom is 0.290 e. The lowest BCUT2D eigenvalue weighted by molar-refractivity contribution is -0.140. The number of carbonyl (C=O) groups is 2. The zero-order valence-corrected chi connectivity index (χ0v) is 10.9. The Kier molecular flexibility index (Phi) is 2.98. The second-order valence-electron chi connectivity index (χ2n) is 4.37. The van der Waals surface area contributed by atoms with E-state index in [-0.39, 0.29) is 10.9 Å². The third-order valence-corrected chi connectivity index (χ3v) is 4.00. The van der Waals surface area contributed by atoms with Crippen molar-refractivity contribution in [2.24, 2.45) is 0 Å². The Morgan fingerprint density at radius 3 is 2.22 bits per heavy atom. The van der Waals surface area contributed by atoms with Crippen LogP contribution in [0.5, 0.6) is 0 Å². The molecular weight excluding hydrogens is 254 g/mol. The fourth-order valence-corrected chi connectivity index (χ4v) is 2.42. The number of sulfone groups is 1. The number of nitrogens with zero attached hydrogens (tertiary/aromatic N) is 1. The van der Waals surface area contributed by atoms with E-state index in [9.17, 15) is 18.0 Å². The molecular formula is C12H13NO4S. The minimum Gasteiger partial charge on any atom is -0.325 e. The second-order valence-corrected chi connectivity index (χ2v) is 6.39. The molecule has 0 radical (unpaired) electrons. The van der Waals surface area contributed by atoms with Gasteiger partial charge in [0.05, 0.1) is 10.9 Å². The normalized spacial score (nSPS) is 18.6. The zero-order chi connectivity index (χ0) is 13.5. The highest BCUT2D eigenvalue weighted by Gasteiger charge is 2.40. The maximum absolute atomic E-state index is 11.4. The molecule has 2 rings (SSSR count). The molecule has 1 atom stereocenters. The number of rotatable bonds is 3. The number of ketones is 1. The van der Waals surface area contributed by atoms with Crippen molar-refractivity contribution in [3.05, 3.63) is 29.8 Å². The largest absolute Gasteiger partial charge is 0.325 e. The zero-order valence-electron chi connectivity index (χ0n) is 10.1. The first kappa shape index (κ1) is 12.8. The van der Waals surface area contributed by atoms with E-state index < -0.39 is 21.5 Å². The van der Waals surface area contributed by atoms with Gasteiger partial charge < -0.3 is 4.90 Å². The summed E-state index contributed by atoms with van der Waals surface area (Å²) in [5.41, 5.74) is 0.844. The van der Waals surface area contributed by atoms with Crippen LogP contribution in [0.1, 0.15) is 18.5 Å². The summed E-state index contributed by atoms with van der Waals surface area (Å²) in [6.07, 6.45) is 1.14. The Labute approximate surface area is 105 Å². The molecule has 6 heteroatoms. The van der Waals surface area contributed by atoms with Crippen molar-refractivity contribution in [2.45, 2.75) is 17.9 Å². The van der Waals surface area contributed by atoms with Crippen molar-refractivity contribution >= 4 is 21.5 Å². The van der Waals surface area contributed by atoms with Crippen molar-refractivity contribution in [3.63, 3.8) is 0 Å². The molecule has 96 valence electrons. The molecule has 1 aliphatic rings. The van der Waals surface area contributed by atoms with Crippen LogP contribution in [0.2, 0.25) is 0 Å². The molecule has 1 heterocycles. The van der Waals surface area contributed by atoms with Crippen LogP contribution in [0.15, 0.2) is 29.2 Å². The van der Waals surface area contributed by atoms with Crippen LogP contribution in [0.3, 0.4) is 0 Å². The summed E-state index contributed by atoms with van der Waals surface area (Å²) >= 11 is 0. The van der Waals surface area contributed by atoms with E-state index >= 15 is 0 Å². The lowest BCUT2D eigenvalue weighted by Gasteiger charge is -2.03. The van der Waals surface area contributed by atoms with Gasteiger partial charge in [-0.1, -0.05) is 12.1 Å². The van der Waals surface area contributed by atoms with E-state index in [0.717, 1.165) is 11.8 Å². The molecule has 0 bridgehead atoms. The first-order chi connectivity index (χ1) is 8.30. The number of hydrogen-bond acceptors (Lipinski definition) is 4. The molecule has 0 N–H and O–H groups in total.